The van der Waals surface area contributed by atoms with Crippen molar-refractivity contribution in [2.75, 3.05) is 0 Å². The Labute approximate surface area is 154 Å². The maximum atomic E-state index is 11.2. The molecule has 0 radical (unpaired) electrons. The van der Waals surface area contributed by atoms with Gasteiger partial charge >= 0.3 is 0 Å². The molecular weight excluding hydrogens is 320 g/mol. The van der Waals surface area contributed by atoms with E-state index in [1.165, 1.54) is 23.2 Å². The third kappa shape index (κ3) is 5.16. The van der Waals surface area contributed by atoms with Gasteiger partial charge in [-0.15, -0.1) is 0 Å². The molecule has 0 aliphatic carbocycles. The average molecular weight is 353 g/mol. The van der Waals surface area contributed by atoms with Crippen LogP contribution in [0.5, 0.6) is 0 Å². The Morgan fingerprint density at radius 1 is 1.00 bits per heavy atom. The van der Waals surface area contributed by atoms with Gasteiger partial charge in [0.05, 0.1) is 5.60 Å². The summed E-state index contributed by atoms with van der Waals surface area (Å²) in [5.41, 5.74) is 0.160. The molecular formula is C23H32OSi. The third-order valence-electron chi connectivity index (χ3n) is 5.18. The van der Waals surface area contributed by atoms with Crippen molar-refractivity contribution in [3.05, 3.63) is 77.5 Å². The van der Waals surface area contributed by atoms with Crippen LogP contribution in [0.25, 0.3) is 0 Å². The normalized spacial score (nSPS) is 15.0. The van der Waals surface area contributed by atoms with Crippen molar-refractivity contribution in [1.29, 1.82) is 0 Å². The molecule has 0 amide bonds. The third-order valence-corrected chi connectivity index (χ3v) is 8.94. The Balaban J connectivity index is 2.35. The fraction of sp³-hybridized carbons (Fsp3) is 0.391. The van der Waals surface area contributed by atoms with Crippen molar-refractivity contribution in [3.63, 3.8) is 0 Å². The van der Waals surface area contributed by atoms with Gasteiger partial charge in [-0.3, -0.25) is 0 Å². The van der Waals surface area contributed by atoms with Gasteiger partial charge in [0.1, 0.15) is 8.07 Å². The van der Waals surface area contributed by atoms with Gasteiger partial charge in [-0.1, -0.05) is 110 Å². The van der Waals surface area contributed by atoms with Gasteiger partial charge in [-0.05, 0) is 25.3 Å². The highest BCUT2D eigenvalue weighted by molar-refractivity contribution is 6.95. The molecule has 1 nitrogen and oxygen atoms in total. The predicted octanol–water partition coefficient (Wildman–Crippen LogP) is 5.56. The van der Waals surface area contributed by atoms with E-state index in [1.54, 1.807) is 0 Å². The predicted molar refractivity (Wildman–Crippen MR) is 112 cm³/mol. The van der Waals surface area contributed by atoms with Gasteiger partial charge in [-0.25, -0.2) is 0 Å². The van der Waals surface area contributed by atoms with Crippen LogP contribution in [0.15, 0.2) is 71.9 Å². The lowest BCUT2D eigenvalue weighted by molar-refractivity contribution is 0.0590. The first-order valence-corrected chi connectivity index (χ1v) is 12.4. The minimum absolute atomic E-state index is 0.703. The zero-order chi connectivity index (χ0) is 18.3. The molecule has 1 N–H and O–H groups in total. The molecule has 2 heteroatoms. The van der Waals surface area contributed by atoms with Crippen LogP contribution in [0, 0.1) is 0 Å². The van der Waals surface area contributed by atoms with Gasteiger partial charge < -0.3 is 5.11 Å². The monoisotopic (exact) mass is 352 g/mol. The molecule has 25 heavy (non-hydrogen) atoms. The van der Waals surface area contributed by atoms with Crippen LogP contribution in [0.1, 0.15) is 45.1 Å². The summed E-state index contributed by atoms with van der Waals surface area (Å²) in [6.45, 7) is 8.99. The van der Waals surface area contributed by atoms with Crippen LogP contribution in [0.3, 0.4) is 0 Å². The number of allylic oxidation sites excluding steroid dienone is 1. The Kier molecular flexibility index (Phi) is 6.80. The Bertz CT molecular complexity index is 672. The fourth-order valence-electron chi connectivity index (χ4n) is 3.34. The molecule has 0 saturated carbocycles. The molecule has 2 aromatic rings. The first-order chi connectivity index (χ1) is 11.9. The number of rotatable bonds is 8. The molecule has 1 atom stereocenters. The van der Waals surface area contributed by atoms with Gasteiger partial charge in [0, 0.05) is 0 Å². The first kappa shape index (κ1) is 19.7. The number of hydrogen-bond donors (Lipinski definition) is 1. The highest BCUT2D eigenvalue weighted by Crippen LogP contribution is 2.32. The zero-order valence-electron chi connectivity index (χ0n) is 16.1. The van der Waals surface area contributed by atoms with Crippen LogP contribution in [0.2, 0.25) is 13.1 Å². The van der Waals surface area contributed by atoms with E-state index in [-0.39, 0.29) is 0 Å². The van der Waals surface area contributed by atoms with Crippen molar-refractivity contribution < 1.29 is 5.11 Å². The van der Waals surface area contributed by atoms with Gasteiger partial charge in [0.25, 0.3) is 0 Å². The first-order valence-electron chi connectivity index (χ1n) is 9.41. The van der Waals surface area contributed by atoms with Crippen LogP contribution in [-0.2, 0) is 5.60 Å². The van der Waals surface area contributed by atoms with E-state index in [0.717, 1.165) is 12.0 Å². The second-order valence-corrected chi connectivity index (χ2v) is 12.1. The second-order valence-electron chi connectivity index (χ2n) is 7.68. The smallest absolute Gasteiger partial charge is 0.107 e. The Hall–Kier alpha value is -1.64. The molecule has 2 rings (SSSR count). The molecule has 0 aliphatic rings. The standard InChI is InChI=1S/C23H32OSi/c1-5-6-9-18-22(25(3,4)21-16-12-8-13-17-21)19-23(2,24)20-14-10-7-11-15-20/h7-8,10-18,24H,5-6,9,19H2,1-4H3/b22-18+/t23-/m0/s1. The minimum atomic E-state index is -1.80. The highest BCUT2D eigenvalue weighted by atomic mass is 28.3. The van der Waals surface area contributed by atoms with Crippen molar-refractivity contribution in [1.82, 2.24) is 0 Å². The summed E-state index contributed by atoms with van der Waals surface area (Å²) in [7, 11) is -1.80. The summed E-state index contributed by atoms with van der Waals surface area (Å²) in [6.07, 6.45) is 6.62. The number of benzene rings is 2. The SMILES string of the molecule is CCCC/C=C(\C[C@](C)(O)c1ccccc1)[Si](C)(C)c1ccccc1. The molecule has 0 fully saturated rings. The van der Waals surface area contributed by atoms with Crippen molar-refractivity contribution in [2.45, 2.75) is 58.2 Å². The lowest BCUT2D eigenvalue weighted by atomic mass is 9.92. The average Bonchev–Trinajstić information content (AvgIpc) is 2.62. The summed E-state index contributed by atoms with van der Waals surface area (Å²) in [6, 6.07) is 20.9. The largest absolute Gasteiger partial charge is 0.385 e. The number of aliphatic hydroxyl groups is 1. The maximum absolute atomic E-state index is 11.2. The quantitative estimate of drug-likeness (QED) is 0.487. The number of unbranched alkanes of at least 4 members (excludes halogenated alkanes) is 2. The lowest BCUT2D eigenvalue weighted by Gasteiger charge is -2.33. The molecule has 0 spiro atoms. The molecule has 0 saturated heterocycles. The van der Waals surface area contributed by atoms with Crippen LogP contribution in [0.4, 0.5) is 0 Å². The summed E-state index contributed by atoms with van der Waals surface area (Å²) >= 11 is 0. The second kappa shape index (κ2) is 8.64. The van der Waals surface area contributed by atoms with Gasteiger partial charge in [0.15, 0.2) is 0 Å². The summed E-state index contributed by atoms with van der Waals surface area (Å²) in [5, 5.41) is 14.1. The lowest BCUT2D eigenvalue weighted by Crippen LogP contribution is -2.45. The zero-order valence-corrected chi connectivity index (χ0v) is 17.1. The van der Waals surface area contributed by atoms with E-state index >= 15 is 0 Å². The van der Waals surface area contributed by atoms with Gasteiger partial charge in [-0.2, -0.15) is 0 Å². The molecule has 0 bridgehead atoms. The van der Waals surface area contributed by atoms with Crippen LogP contribution in [-0.4, -0.2) is 13.2 Å². The van der Waals surface area contributed by atoms with Crippen LogP contribution >= 0.6 is 0 Å². The van der Waals surface area contributed by atoms with Crippen molar-refractivity contribution >= 4 is 13.3 Å². The molecule has 0 aliphatic heterocycles. The molecule has 0 aromatic heterocycles. The van der Waals surface area contributed by atoms with Crippen molar-refractivity contribution in [3.8, 4) is 0 Å². The van der Waals surface area contributed by atoms with Gasteiger partial charge in [0.2, 0.25) is 0 Å². The topological polar surface area (TPSA) is 20.2 Å². The Morgan fingerprint density at radius 2 is 1.56 bits per heavy atom. The molecule has 0 unspecified atom stereocenters. The van der Waals surface area contributed by atoms with E-state index in [1.807, 2.05) is 37.3 Å². The van der Waals surface area contributed by atoms with E-state index in [4.69, 9.17) is 0 Å². The molecule has 2 aromatic carbocycles. The summed E-state index contributed by atoms with van der Waals surface area (Å²) in [4.78, 5) is 0. The van der Waals surface area contributed by atoms with Crippen LogP contribution < -0.4 is 5.19 Å². The van der Waals surface area contributed by atoms with E-state index in [9.17, 15) is 5.11 Å². The maximum Gasteiger partial charge on any atom is 0.107 e. The molecule has 0 heterocycles. The van der Waals surface area contributed by atoms with E-state index in [2.05, 4.69) is 56.4 Å². The summed E-state index contributed by atoms with van der Waals surface area (Å²) in [5.74, 6) is 0. The van der Waals surface area contributed by atoms with E-state index in [0.29, 0.717) is 6.42 Å². The highest BCUT2D eigenvalue weighted by Gasteiger charge is 2.33. The summed E-state index contributed by atoms with van der Waals surface area (Å²) < 4.78 is 0. The fourth-order valence-corrected chi connectivity index (χ4v) is 6.18. The number of hydrogen-bond acceptors (Lipinski definition) is 1. The molecule has 134 valence electrons. The van der Waals surface area contributed by atoms with E-state index < -0.39 is 13.7 Å². The minimum Gasteiger partial charge on any atom is -0.385 e. The Morgan fingerprint density at radius 3 is 2.12 bits per heavy atom. The van der Waals surface area contributed by atoms with Crippen molar-refractivity contribution in [2.24, 2.45) is 0 Å².